The van der Waals surface area contributed by atoms with E-state index in [1.807, 2.05) is 47.4 Å². The van der Waals surface area contributed by atoms with Crippen molar-refractivity contribution in [3.8, 4) is 0 Å². The van der Waals surface area contributed by atoms with Gasteiger partial charge in [0.25, 0.3) is 0 Å². The second-order valence-corrected chi connectivity index (χ2v) is 6.36. The average molecular weight is 324 g/mol. The van der Waals surface area contributed by atoms with Crippen LogP contribution in [-0.4, -0.2) is 21.5 Å². The third-order valence-corrected chi connectivity index (χ3v) is 4.47. The van der Waals surface area contributed by atoms with Gasteiger partial charge in [-0.25, -0.2) is 0 Å². The van der Waals surface area contributed by atoms with Crippen LogP contribution in [-0.2, 0) is 13.1 Å². The van der Waals surface area contributed by atoms with Gasteiger partial charge < -0.3 is 5.11 Å². The molecule has 2 aromatic heterocycles. The molecule has 23 heavy (non-hydrogen) atoms. The van der Waals surface area contributed by atoms with Gasteiger partial charge in [0.15, 0.2) is 0 Å². The molecule has 3 nitrogen and oxygen atoms in total. The van der Waals surface area contributed by atoms with Crippen molar-refractivity contribution in [1.82, 2.24) is 9.88 Å². The number of aliphatic hydroxyl groups is 1. The van der Waals surface area contributed by atoms with Crippen LogP contribution in [0.3, 0.4) is 0 Å². The largest absolute Gasteiger partial charge is 0.387 e. The summed E-state index contributed by atoms with van der Waals surface area (Å²) >= 11 is 1.62. The van der Waals surface area contributed by atoms with Crippen LogP contribution < -0.4 is 0 Å². The molecule has 3 rings (SSSR count). The van der Waals surface area contributed by atoms with Crippen molar-refractivity contribution in [3.63, 3.8) is 0 Å². The molecule has 1 N–H and O–H groups in total. The van der Waals surface area contributed by atoms with Crippen molar-refractivity contribution in [2.75, 3.05) is 6.54 Å². The third kappa shape index (κ3) is 4.73. The number of aromatic nitrogens is 1. The monoisotopic (exact) mass is 324 g/mol. The number of hydrogen-bond donors (Lipinski definition) is 1. The Morgan fingerprint density at radius 2 is 1.65 bits per heavy atom. The fraction of sp³-hybridized carbons (Fsp3) is 0.211. The lowest BCUT2D eigenvalue weighted by molar-refractivity contribution is 0.105. The predicted octanol–water partition coefficient (Wildman–Crippen LogP) is 3.88. The molecule has 1 unspecified atom stereocenters. The summed E-state index contributed by atoms with van der Waals surface area (Å²) in [5, 5.41) is 14.5. The molecule has 1 atom stereocenters. The van der Waals surface area contributed by atoms with Gasteiger partial charge in [-0.15, -0.1) is 0 Å². The van der Waals surface area contributed by atoms with Crippen molar-refractivity contribution in [1.29, 1.82) is 0 Å². The molecular weight excluding hydrogens is 304 g/mol. The van der Waals surface area contributed by atoms with Gasteiger partial charge >= 0.3 is 0 Å². The highest BCUT2D eigenvalue weighted by Crippen LogP contribution is 2.19. The first-order chi connectivity index (χ1) is 11.3. The summed E-state index contributed by atoms with van der Waals surface area (Å²) < 4.78 is 0. The number of aliphatic hydroxyl groups excluding tert-OH is 1. The minimum Gasteiger partial charge on any atom is -0.387 e. The molecule has 0 amide bonds. The zero-order valence-corrected chi connectivity index (χ0v) is 13.7. The van der Waals surface area contributed by atoms with E-state index < -0.39 is 6.10 Å². The second-order valence-electron chi connectivity index (χ2n) is 5.58. The number of hydrogen-bond acceptors (Lipinski definition) is 4. The van der Waals surface area contributed by atoms with Gasteiger partial charge in [-0.1, -0.05) is 30.3 Å². The quantitative estimate of drug-likeness (QED) is 0.716. The summed E-state index contributed by atoms with van der Waals surface area (Å²) in [7, 11) is 0. The molecule has 0 aliphatic heterocycles. The molecule has 1 aromatic carbocycles. The number of benzene rings is 1. The number of pyridine rings is 1. The maximum Gasteiger partial charge on any atom is 0.0925 e. The van der Waals surface area contributed by atoms with Crippen molar-refractivity contribution in [3.05, 3.63) is 88.4 Å². The van der Waals surface area contributed by atoms with Crippen molar-refractivity contribution in [2.24, 2.45) is 0 Å². The normalized spacial score (nSPS) is 12.4. The molecule has 0 fully saturated rings. The van der Waals surface area contributed by atoms with E-state index in [4.69, 9.17) is 0 Å². The molecule has 118 valence electrons. The summed E-state index contributed by atoms with van der Waals surface area (Å²) in [4.78, 5) is 6.34. The molecule has 0 aliphatic rings. The van der Waals surface area contributed by atoms with Gasteiger partial charge in [0.05, 0.1) is 6.10 Å². The molecule has 0 bridgehead atoms. The Kier molecular flexibility index (Phi) is 5.53. The van der Waals surface area contributed by atoms with Gasteiger partial charge in [0.2, 0.25) is 0 Å². The predicted molar refractivity (Wildman–Crippen MR) is 94.1 cm³/mol. The van der Waals surface area contributed by atoms with Gasteiger partial charge in [-0.3, -0.25) is 9.88 Å². The highest BCUT2D eigenvalue weighted by molar-refractivity contribution is 7.07. The van der Waals surface area contributed by atoms with Crippen LogP contribution in [0, 0.1) is 0 Å². The van der Waals surface area contributed by atoms with Gasteiger partial charge in [0, 0.05) is 32.0 Å². The molecule has 3 aromatic rings. The van der Waals surface area contributed by atoms with E-state index in [2.05, 4.69) is 34.1 Å². The number of nitrogens with zero attached hydrogens (tertiary/aromatic N) is 2. The Bertz CT molecular complexity index is 644. The fourth-order valence-corrected chi connectivity index (χ4v) is 3.29. The van der Waals surface area contributed by atoms with Crippen molar-refractivity contribution >= 4 is 11.3 Å². The SMILES string of the molecule is OC(CN(Cc1ccccc1)Cc1ccncc1)c1ccsc1. The van der Waals surface area contributed by atoms with Crippen LogP contribution >= 0.6 is 11.3 Å². The molecular formula is C19H20N2OS. The molecule has 0 spiro atoms. The fourth-order valence-electron chi connectivity index (χ4n) is 2.59. The van der Waals surface area contributed by atoms with Gasteiger partial charge in [-0.05, 0) is 45.6 Å². The van der Waals surface area contributed by atoms with Crippen LogP contribution in [0.5, 0.6) is 0 Å². The molecule has 4 heteroatoms. The highest BCUT2D eigenvalue weighted by Gasteiger charge is 2.15. The van der Waals surface area contributed by atoms with E-state index in [9.17, 15) is 5.11 Å². The van der Waals surface area contributed by atoms with Crippen LogP contribution in [0.25, 0.3) is 0 Å². The first-order valence-corrected chi connectivity index (χ1v) is 8.61. The Morgan fingerprint density at radius 1 is 0.957 bits per heavy atom. The Balaban J connectivity index is 1.72. The zero-order chi connectivity index (χ0) is 15.9. The van der Waals surface area contributed by atoms with E-state index in [0.717, 1.165) is 18.7 Å². The maximum absolute atomic E-state index is 10.5. The Labute approximate surface area is 140 Å². The summed E-state index contributed by atoms with van der Waals surface area (Å²) in [6.45, 7) is 2.21. The average Bonchev–Trinajstić information content (AvgIpc) is 3.11. The lowest BCUT2D eigenvalue weighted by atomic mass is 10.1. The molecule has 0 radical (unpaired) electrons. The van der Waals surface area contributed by atoms with E-state index in [1.54, 1.807) is 11.3 Å². The lowest BCUT2D eigenvalue weighted by Crippen LogP contribution is -2.28. The zero-order valence-electron chi connectivity index (χ0n) is 12.9. The van der Waals surface area contributed by atoms with Crippen LogP contribution in [0.1, 0.15) is 22.8 Å². The van der Waals surface area contributed by atoms with Gasteiger partial charge in [0.1, 0.15) is 0 Å². The summed E-state index contributed by atoms with van der Waals surface area (Å²) in [5.74, 6) is 0. The second kappa shape index (κ2) is 8.02. The summed E-state index contributed by atoms with van der Waals surface area (Å²) in [6, 6.07) is 16.4. The van der Waals surface area contributed by atoms with E-state index in [-0.39, 0.29) is 0 Å². The molecule has 0 saturated heterocycles. The minimum absolute atomic E-state index is 0.466. The minimum atomic E-state index is -0.466. The topological polar surface area (TPSA) is 36.4 Å². The van der Waals surface area contributed by atoms with E-state index >= 15 is 0 Å². The van der Waals surface area contributed by atoms with Crippen LogP contribution in [0.4, 0.5) is 0 Å². The Morgan fingerprint density at radius 3 is 2.30 bits per heavy atom. The van der Waals surface area contributed by atoms with Gasteiger partial charge in [-0.2, -0.15) is 11.3 Å². The highest BCUT2D eigenvalue weighted by atomic mass is 32.1. The maximum atomic E-state index is 10.5. The lowest BCUT2D eigenvalue weighted by Gasteiger charge is -2.25. The molecule has 0 saturated carbocycles. The summed E-state index contributed by atoms with van der Waals surface area (Å²) in [6.07, 6.45) is 3.16. The standard InChI is InChI=1S/C19H20N2OS/c22-19(18-8-11-23-15-18)14-21(12-16-4-2-1-3-5-16)13-17-6-9-20-10-7-17/h1-11,15,19,22H,12-14H2. The molecule has 0 aliphatic carbocycles. The number of thiophene rings is 1. The van der Waals surface area contributed by atoms with Crippen LogP contribution in [0.15, 0.2) is 71.7 Å². The van der Waals surface area contributed by atoms with Crippen molar-refractivity contribution in [2.45, 2.75) is 19.2 Å². The van der Waals surface area contributed by atoms with E-state index in [1.165, 1.54) is 11.1 Å². The van der Waals surface area contributed by atoms with Crippen molar-refractivity contribution < 1.29 is 5.11 Å². The third-order valence-electron chi connectivity index (χ3n) is 3.76. The smallest absolute Gasteiger partial charge is 0.0925 e. The Hall–Kier alpha value is -2.01. The number of rotatable bonds is 7. The molecule has 2 heterocycles. The first kappa shape index (κ1) is 15.9. The first-order valence-electron chi connectivity index (χ1n) is 7.66. The van der Waals surface area contributed by atoms with Crippen LogP contribution in [0.2, 0.25) is 0 Å². The summed E-state index contributed by atoms with van der Waals surface area (Å²) in [5.41, 5.74) is 3.44. The van der Waals surface area contributed by atoms with E-state index in [0.29, 0.717) is 6.54 Å².